The Kier molecular flexibility index (Phi) is 2.73. The summed E-state index contributed by atoms with van der Waals surface area (Å²) in [5.74, 6) is -0.177. The zero-order chi connectivity index (χ0) is 13.6. The monoisotopic (exact) mass is 275 g/mol. The summed E-state index contributed by atoms with van der Waals surface area (Å²) in [5, 5.41) is 4.19. The highest BCUT2D eigenvalue weighted by molar-refractivity contribution is 6.35. The molecular weight excluding hydrogens is 262 g/mol. The van der Waals surface area contributed by atoms with Gasteiger partial charge in [-0.3, -0.25) is 9.78 Å². The number of carbonyl (C=O) groups is 1. The molecule has 1 saturated carbocycles. The Morgan fingerprint density at radius 1 is 1.53 bits per heavy atom. The lowest BCUT2D eigenvalue weighted by atomic mass is 10.1. The fourth-order valence-corrected chi connectivity index (χ4v) is 2.42. The molecular formula is C14H14ClN3O. The third kappa shape index (κ3) is 2.07. The summed E-state index contributed by atoms with van der Waals surface area (Å²) < 4.78 is 0. The van der Waals surface area contributed by atoms with Gasteiger partial charge in [0.15, 0.2) is 0 Å². The molecule has 1 fully saturated rings. The molecule has 1 aromatic heterocycles. The number of benzene rings is 1. The summed E-state index contributed by atoms with van der Waals surface area (Å²) in [6.07, 6.45) is 3.16. The second kappa shape index (κ2) is 4.18. The van der Waals surface area contributed by atoms with Crippen molar-refractivity contribution in [3.05, 3.63) is 35.0 Å². The minimum Gasteiger partial charge on any atom is -0.323 e. The summed E-state index contributed by atoms with van der Waals surface area (Å²) in [7, 11) is 0. The SMILES string of the molecule is Cc1cc(Cl)c(NC(=O)C2(N)CC2)c2cccnc12. The van der Waals surface area contributed by atoms with Gasteiger partial charge in [0.25, 0.3) is 0 Å². The molecule has 1 aliphatic rings. The first-order valence-corrected chi connectivity index (χ1v) is 6.53. The molecule has 3 N–H and O–H groups in total. The van der Waals surface area contributed by atoms with Gasteiger partial charge in [0.1, 0.15) is 0 Å². The van der Waals surface area contributed by atoms with Crippen LogP contribution in [-0.4, -0.2) is 16.4 Å². The zero-order valence-electron chi connectivity index (χ0n) is 10.5. The number of nitrogens with one attached hydrogen (secondary N) is 1. The molecule has 0 aliphatic heterocycles. The van der Waals surface area contributed by atoms with Crippen LogP contribution in [0.1, 0.15) is 18.4 Å². The molecule has 19 heavy (non-hydrogen) atoms. The summed E-state index contributed by atoms with van der Waals surface area (Å²) in [6.45, 7) is 1.94. The molecule has 0 saturated heterocycles. The highest BCUT2D eigenvalue weighted by Gasteiger charge is 2.46. The van der Waals surface area contributed by atoms with Crippen molar-refractivity contribution >= 4 is 34.1 Å². The first-order chi connectivity index (χ1) is 9.01. The Morgan fingerprint density at radius 3 is 2.95 bits per heavy atom. The maximum Gasteiger partial charge on any atom is 0.244 e. The maximum atomic E-state index is 12.1. The fourth-order valence-electron chi connectivity index (χ4n) is 2.11. The fraction of sp³-hybridized carbons (Fsp3) is 0.286. The van der Waals surface area contributed by atoms with E-state index in [0.717, 1.165) is 29.3 Å². The van der Waals surface area contributed by atoms with Crippen LogP contribution in [-0.2, 0) is 4.79 Å². The van der Waals surface area contributed by atoms with Crippen LogP contribution in [0, 0.1) is 6.92 Å². The van der Waals surface area contributed by atoms with Gasteiger partial charge < -0.3 is 11.1 Å². The number of anilines is 1. The molecule has 98 valence electrons. The number of pyridine rings is 1. The first-order valence-electron chi connectivity index (χ1n) is 6.15. The Labute approximate surface area is 116 Å². The van der Waals surface area contributed by atoms with E-state index in [1.54, 1.807) is 6.20 Å². The molecule has 5 heteroatoms. The number of aryl methyl sites for hydroxylation is 1. The predicted molar refractivity (Wildman–Crippen MR) is 76.3 cm³/mol. The van der Waals surface area contributed by atoms with Gasteiger partial charge in [-0.25, -0.2) is 0 Å². The van der Waals surface area contributed by atoms with E-state index in [1.807, 2.05) is 25.1 Å². The normalized spacial score (nSPS) is 16.4. The number of rotatable bonds is 2. The van der Waals surface area contributed by atoms with Crippen LogP contribution < -0.4 is 11.1 Å². The molecule has 1 aromatic carbocycles. The average Bonchev–Trinajstić information content (AvgIpc) is 3.14. The van der Waals surface area contributed by atoms with Crippen LogP contribution in [0.15, 0.2) is 24.4 Å². The number of nitrogens with two attached hydrogens (primary N) is 1. The van der Waals surface area contributed by atoms with Gasteiger partial charge in [0.2, 0.25) is 5.91 Å². The summed E-state index contributed by atoms with van der Waals surface area (Å²) >= 11 is 6.24. The highest BCUT2D eigenvalue weighted by atomic mass is 35.5. The molecule has 0 atom stereocenters. The number of hydrogen-bond donors (Lipinski definition) is 2. The highest BCUT2D eigenvalue weighted by Crippen LogP contribution is 2.37. The van der Waals surface area contributed by atoms with Crippen LogP contribution in [0.2, 0.25) is 5.02 Å². The van der Waals surface area contributed by atoms with Crippen LogP contribution in [0.5, 0.6) is 0 Å². The molecule has 1 aliphatic carbocycles. The molecule has 4 nitrogen and oxygen atoms in total. The van der Waals surface area contributed by atoms with Gasteiger partial charge in [0, 0.05) is 11.6 Å². The van der Waals surface area contributed by atoms with E-state index in [4.69, 9.17) is 17.3 Å². The quantitative estimate of drug-likeness (QED) is 0.885. The van der Waals surface area contributed by atoms with Gasteiger partial charge in [-0.1, -0.05) is 11.6 Å². The minimum atomic E-state index is -0.719. The second-order valence-electron chi connectivity index (χ2n) is 5.06. The van der Waals surface area contributed by atoms with Crippen LogP contribution in [0.4, 0.5) is 5.69 Å². The molecule has 0 unspecified atom stereocenters. The molecule has 1 amide bonds. The number of hydrogen-bond acceptors (Lipinski definition) is 3. The average molecular weight is 276 g/mol. The van der Waals surface area contributed by atoms with Gasteiger partial charge in [-0.15, -0.1) is 0 Å². The van der Waals surface area contributed by atoms with Crippen molar-refractivity contribution in [3.63, 3.8) is 0 Å². The van der Waals surface area contributed by atoms with Crippen molar-refractivity contribution in [1.29, 1.82) is 0 Å². The van der Waals surface area contributed by atoms with Gasteiger partial charge in [0.05, 0.1) is 21.8 Å². The third-order valence-corrected chi connectivity index (χ3v) is 3.81. The van der Waals surface area contributed by atoms with Crippen molar-refractivity contribution in [2.45, 2.75) is 25.3 Å². The molecule has 0 bridgehead atoms. The van der Waals surface area contributed by atoms with E-state index in [0.29, 0.717) is 10.7 Å². The zero-order valence-corrected chi connectivity index (χ0v) is 11.3. The molecule has 0 radical (unpaired) electrons. The standard InChI is InChI=1S/C14H14ClN3O/c1-8-7-10(15)12(9-3-2-6-17-11(8)9)18-13(19)14(16)4-5-14/h2-3,6-7H,4-5,16H2,1H3,(H,18,19). The Hall–Kier alpha value is -1.65. The Bertz CT molecular complexity index is 680. The van der Waals surface area contributed by atoms with Crippen molar-refractivity contribution in [3.8, 4) is 0 Å². The molecule has 2 aromatic rings. The van der Waals surface area contributed by atoms with Crippen molar-refractivity contribution in [1.82, 2.24) is 4.98 Å². The van der Waals surface area contributed by atoms with E-state index in [9.17, 15) is 4.79 Å². The van der Waals surface area contributed by atoms with Crippen LogP contribution in [0.25, 0.3) is 10.9 Å². The lowest BCUT2D eigenvalue weighted by Gasteiger charge is -2.14. The van der Waals surface area contributed by atoms with E-state index >= 15 is 0 Å². The largest absolute Gasteiger partial charge is 0.323 e. The van der Waals surface area contributed by atoms with E-state index in [1.165, 1.54) is 0 Å². The first kappa shape index (κ1) is 12.4. The molecule has 1 heterocycles. The lowest BCUT2D eigenvalue weighted by molar-refractivity contribution is -0.118. The van der Waals surface area contributed by atoms with Crippen LogP contribution >= 0.6 is 11.6 Å². The second-order valence-corrected chi connectivity index (χ2v) is 5.47. The smallest absolute Gasteiger partial charge is 0.244 e. The lowest BCUT2D eigenvalue weighted by Crippen LogP contribution is -2.37. The number of aromatic nitrogens is 1. The number of halogens is 1. The molecule has 3 rings (SSSR count). The van der Waals surface area contributed by atoms with Crippen molar-refractivity contribution < 1.29 is 4.79 Å². The van der Waals surface area contributed by atoms with E-state index in [-0.39, 0.29) is 5.91 Å². The number of amides is 1. The van der Waals surface area contributed by atoms with Crippen molar-refractivity contribution in [2.24, 2.45) is 5.73 Å². The maximum absolute atomic E-state index is 12.1. The Balaban J connectivity index is 2.10. The van der Waals surface area contributed by atoms with E-state index < -0.39 is 5.54 Å². The third-order valence-electron chi connectivity index (χ3n) is 3.51. The Morgan fingerprint density at radius 2 is 2.26 bits per heavy atom. The van der Waals surface area contributed by atoms with E-state index in [2.05, 4.69) is 10.3 Å². The minimum absolute atomic E-state index is 0.177. The predicted octanol–water partition coefficient (Wildman–Crippen LogP) is 2.63. The van der Waals surface area contributed by atoms with Crippen molar-refractivity contribution in [2.75, 3.05) is 5.32 Å². The van der Waals surface area contributed by atoms with Gasteiger partial charge >= 0.3 is 0 Å². The molecule has 0 spiro atoms. The van der Waals surface area contributed by atoms with Crippen LogP contribution in [0.3, 0.4) is 0 Å². The topological polar surface area (TPSA) is 68.0 Å². The van der Waals surface area contributed by atoms with Gasteiger partial charge in [-0.2, -0.15) is 0 Å². The van der Waals surface area contributed by atoms with Gasteiger partial charge in [-0.05, 0) is 43.5 Å². The number of nitrogens with zero attached hydrogens (tertiary/aromatic N) is 1. The summed E-state index contributed by atoms with van der Waals surface area (Å²) in [5.41, 5.74) is 7.58. The summed E-state index contributed by atoms with van der Waals surface area (Å²) in [4.78, 5) is 16.4. The summed E-state index contributed by atoms with van der Waals surface area (Å²) in [6, 6.07) is 5.53. The number of carbonyl (C=O) groups excluding carboxylic acids is 1. The number of fused-ring (bicyclic) bond motifs is 1.